The minimum Gasteiger partial charge on any atom is -0.496 e. The van der Waals surface area contributed by atoms with Crippen LogP contribution in [0.25, 0.3) is 0 Å². The summed E-state index contributed by atoms with van der Waals surface area (Å²) < 4.78 is 27.1. The lowest BCUT2D eigenvalue weighted by atomic mass is 10.1. The summed E-state index contributed by atoms with van der Waals surface area (Å²) >= 11 is 0. The molecule has 13 nitrogen and oxygen atoms in total. The van der Waals surface area contributed by atoms with Gasteiger partial charge >= 0.3 is 17.5 Å². The lowest BCUT2D eigenvalue weighted by Gasteiger charge is -2.25. The molecular weight excluding hydrogens is 551 g/mol. The van der Waals surface area contributed by atoms with Crippen LogP contribution >= 0.6 is 0 Å². The Labute approximate surface area is 243 Å². The normalized spacial score (nSPS) is 12.5. The molecular formula is C28H37FN6O7. The van der Waals surface area contributed by atoms with Crippen molar-refractivity contribution in [1.29, 1.82) is 5.26 Å². The molecule has 0 aliphatic heterocycles. The fourth-order valence-electron chi connectivity index (χ4n) is 3.72. The van der Waals surface area contributed by atoms with Gasteiger partial charge in [-0.3, -0.25) is 19.0 Å². The zero-order chi connectivity index (χ0) is 31.8. The van der Waals surface area contributed by atoms with Crippen molar-refractivity contribution >= 4 is 17.5 Å². The van der Waals surface area contributed by atoms with Gasteiger partial charge in [0.25, 0.3) is 5.56 Å². The fourth-order valence-corrected chi connectivity index (χ4v) is 3.72. The van der Waals surface area contributed by atoms with E-state index in [1.165, 1.54) is 38.4 Å². The zero-order valence-corrected chi connectivity index (χ0v) is 25.1. The summed E-state index contributed by atoms with van der Waals surface area (Å²) in [5.41, 5.74) is -2.49. The molecule has 1 heterocycles. The van der Waals surface area contributed by atoms with Crippen LogP contribution in [-0.2, 0) is 25.7 Å². The standard InChI is InChI=1S/C28H37FN6O7/c1-17(2)42-32-18(3)21-15-34(16-23(41-13-9-12-30)20-14-19(29)10-11-22(20)40-8)27(39)35(25(21)37)33(7)26(38)24(36)31-28(4,5)6/h10-11,14-15,17,23H,9,13,16H2,1-8H3,(H,31,36)/b32-18+. The first-order valence-corrected chi connectivity index (χ1v) is 13.1. The van der Waals surface area contributed by atoms with E-state index < -0.39 is 40.5 Å². The molecule has 1 unspecified atom stereocenters. The number of benzene rings is 1. The molecule has 1 aromatic heterocycles. The topological polar surface area (TPSA) is 157 Å². The number of halogens is 1. The number of hydrogen-bond acceptors (Lipinski definition) is 9. The minimum atomic E-state index is -1.17. The van der Waals surface area contributed by atoms with Crippen LogP contribution in [0.4, 0.5) is 4.39 Å². The molecule has 1 N–H and O–H groups in total. The molecule has 2 rings (SSSR count). The highest BCUT2D eigenvalue weighted by Crippen LogP contribution is 2.30. The van der Waals surface area contributed by atoms with E-state index in [4.69, 9.17) is 19.6 Å². The molecule has 1 atom stereocenters. The molecule has 0 aliphatic rings. The van der Waals surface area contributed by atoms with Gasteiger partial charge in [-0.05, 0) is 59.7 Å². The van der Waals surface area contributed by atoms with Crippen LogP contribution in [0, 0.1) is 17.1 Å². The third-order valence-corrected chi connectivity index (χ3v) is 5.64. The lowest BCUT2D eigenvalue weighted by Crippen LogP contribution is -2.59. The van der Waals surface area contributed by atoms with Crippen molar-refractivity contribution in [1.82, 2.24) is 14.6 Å². The molecule has 0 saturated heterocycles. The van der Waals surface area contributed by atoms with Crippen LogP contribution < -0.4 is 26.3 Å². The lowest BCUT2D eigenvalue weighted by molar-refractivity contribution is -0.139. The number of aromatic nitrogens is 2. The van der Waals surface area contributed by atoms with Crippen molar-refractivity contribution in [3.8, 4) is 11.8 Å². The van der Waals surface area contributed by atoms with Crippen LogP contribution in [-0.4, -0.2) is 59.2 Å². The van der Waals surface area contributed by atoms with Crippen LogP contribution in [0.15, 0.2) is 39.1 Å². The van der Waals surface area contributed by atoms with Gasteiger partial charge in [0.05, 0.1) is 44.0 Å². The maximum absolute atomic E-state index is 14.3. The van der Waals surface area contributed by atoms with Gasteiger partial charge in [-0.2, -0.15) is 9.94 Å². The van der Waals surface area contributed by atoms with Gasteiger partial charge < -0.3 is 19.6 Å². The summed E-state index contributed by atoms with van der Waals surface area (Å²) in [6, 6.07) is 5.71. The maximum atomic E-state index is 14.3. The SMILES string of the molecule is COc1ccc(F)cc1C(Cn1cc(/C(C)=N/OC(C)C)c(=O)n(N(C)C(=O)C(=O)NC(C)(C)C)c1=O)OCCC#N. The second-order valence-electron chi connectivity index (χ2n) is 10.6. The second kappa shape index (κ2) is 14.4. The first-order valence-electron chi connectivity index (χ1n) is 13.1. The van der Waals surface area contributed by atoms with Gasteiger partial charge in [-0.25, -0.2) is 14.2 Å². The van der Waals surface area contributed by atoms with Crippen molar-refractivity contribution in [3.63, 3.8) is 0 Å². The highest BCUT2D eigenvalue weighted by molar-refractivity contribution is 6.38. The first kappa shape index (κ1) is 33.7. The molecule has 228 valence electrons. The molecule has 2 aromatic rings. The smallest absolute Gasteiger partial charge is 0.350 e. The van der Waals surface area contributed by atoms with Crippen molar-refractivity contribution < 1.29 is 28.3 Å². The molecule has 2 amide bonds. The number of carbonyl (C=O) groups is 2. The number of hydrogen-bond donors (Lipinski definition) is 1. The van der Waals surface area contributed by atoms with E-state index in [9.17, 15) is 23.6 Å². The number of nitriles is 1. The molecule has 0 saturated carbocycles. The van der Waals surface area contributed by atoms with Crippen molar-refractivity contribution in [2.75, 3.05) is 25.8 Å². The summed E-state index contributed by atoms with van der Waals surface area (Å²) in [7, 11) is 2.49. The number of amides is 2. The van der Waals surface area contributed by atoms with Crippen molar-refractivity contribution in [2.45, 2.75) is 72.3 Å². The second-order valence-corrected chi connectivity index (χ2v) is 10.6. The van der Waals surface area contributed by atoms with E-state index in [0.717, 1.165) is 11.6 Å². The molecule has 0 aliphatic carbocycles. The van der Waals surface area contributed by atoms with Crippen molar-refractivity contribution in [2.24, 2.45) is 5.16 Å². The summed E-state index contributed by atoms with van der Waals surface area (Å²) in [5.74, 6) is -2.55. The fraction of sp³-hybridized carbons (Fsp3) is 0.500. The van der Waals surface area contributed by atoms with Gasteiger partial charge in [0.2, 0.25) is 0 Å². The number of likely N-dealkylation sites (N-methyl/N-ethyl adjacent to an activating group) is 1. The van der Waals surface area contributed by atoms with Crippen LogP contribution in [0.2, 0.25) is 0 Å². The highest BCUT2D eigenvalue weighted by atomic mass is 19.1. The Kier molecular flexibility index (Phi) is 11.6. The summed E-state index contributed by atoms with van der Waals surface area (Å²) in [4.78, 5) is 58.2. The van der Waals surface area contributed by atoms with Crippen LogP contribution in [0.1, 0.15) is 65.2 Å². The largest absolute Gasteiger partial charge is 0.496 e. The molecule has 0 radical (unpaired) electrons. The Bertz CT molecular complexity index is 1480. The van der Waals surface area contributed by atoms with E-state index in [2.05, 4.69) is 10.5 Å². The molecule has 0 spiro atoms. The van der Waals surface area contributed by atoms with Gasteiger partial charge in [0.15, 0.2) is 0 Å². The number of nitrogens with zero attached hydrogens (tertiary/aromatic N) is 5. The van der Waals surface area contributed by atoms with E-state index in [0.29, 0.717) is 9.69 Å². The number of carbonyl (C=O) groups excluding carboxylic acids is 2. The minimum absolute atomic E-state index is 0.00616. The predicted octanol–water partition coefficient (Wildman–Crippen LogP) is 1.99. The average molecular weight is 589 g/mol. The number of oxime groups is 1. The molecule has 0 fully saturated rings. The predicted molar refractivity (Wildman–Crippen MR) is 152 cm³/mol. The van der Waals surface area contributed by atoms with Gasteiger partial charge in [0, 0.05) is 24.3 Å². The third kappa shape index (κ3) is 8.74. The Hall–Kier alpha value is -4.51. The quantitative estimate of drug-likeness (QED) is 0.181. The van der Waals surface area contributed by atoms with Crippen LogP contribution in [0.5, 0.6) is 5.75 Å². The number of nitrogens with one attached hydrogen (secondary N) is 1. The zero-order valence-electron chi connectivity index (χ0n) is 25.1. The van der Waals surface area contributed by atoms with Gasteiger partial charge in [-0.15, -0.1) is 0 Å². The maximum Gasteiger partial charge on any atom is 0.350 e. The van der Waals surface area contributed by atoms with Crippen LogP contribution in [0.3, 0.4) is 0 Å². The monoisotopic (exact) mass is 588 g/mol. The van der Waals surface area contributed by atoms with Gasteiger partial charge in [0.1, 0.15) is 23.8 Å². The van der Waals surface area contributed by atoms with E-state index >= 15 is 0 Å². The Morgan fingerprint density at radius 2 is 1.90 bits per heavy atom. The Morgan fingerprint density at radius 3 is 2.48 bits per heavy atom. The molecule has 42 heavy (non-hydrogen) atoms. The average Bonchev–Trinajstić information content (AvgIpc) is 2.91. The molecule has 0 bridgehead atoms. The third-order valence-electron chi connectivity index (χ3n) is 5.64. The summed E-state index contributed by atoms with van der Waals surface area (Å²) in [6.07, 6.45) is -0.137. The molecule has 14 heteroatoms. The number of rotatable bonds is 11. The van der Waals surface area contributed by atoms with E-state index in [1.54, 1.807) is 34.6 Å². The van der Waals surface area contributed by atoms with E-state index in [1.807, 2.05) is 6.07 Å². The summed E-state index contributed by atoms with van der Waals surface area (Å²) in [5, 5.41) is 16.1. The first-order chi connectivity index (χ1) is 19.6. The highest BCUT2D eigenvalue weighted by Gasteiger charge is 2.29. The number of methoxy groups -OCH3 is 1. The molecule has 1 aromatic carbocycles. The van der Waals surface area contributed by atoms with Gasteiger partial charge in [-0.1, -0.05) is 5.16 Å². The van der Waals surface area contributed by atoms with E-state index in [-0.39, 0.29) is 48.3 Å². The number of ether oxygens (including phenoxy) is 2. The summed E-state index contributed by atoms with van der Waals surface area (Å²) in [6.45, 7) is 9.57. The Morgan fingerprint density at radius 1 is 1.24 bits per heavy atom. The van der Waals surface area contributed by atoms with Crippen molar-refractivity contribution in [3.05, 3.63) is 62.2 Å². The Balaban J connectivity index is 2.77.